The second kappa shape index (κ2) is 5.04. The van der Waals surface area contributed by atoms with Crippen LogP contribution in [0.25, 0.3) is 0 Å². The second-order valence-electron chi connectivity index (χ2n) is 4.15. The quantitative estimate of drug-likeness (QED) is 0.812. The molecule has 0 saturated heterocycles. The van der Waals surface area contributed by atoms with Crippen molar-refractivity contribution in [3.05, 3.63) is 59.7 Å². The number of halogens is 2. The van der Waals surface area contributed by atoms with Gasteiger partial charge in [-0.1, -0.05) is 12.1 Å². The lowest BCUT2D eigenvalue weighted by Gasteiger charge is -2.17. The Morgan fingerprint density at radius 2 is 1.78 bits per heavy atom. The van der Waals surface area contributed by atoms with Crippen molar-refractivity contribution in [2.45, 2.75) is 13.0 Å². The molecule has 2 nitrogen and oxygen atoms in total. The highest BCUT2D eigenvalue weighted by Gasteiger charge is 2.08. The highest BCUT2D eigenvalue weighted by atomic mass is 19.1. The summed E-state index contributed by atoms with van der Waals surface area (Å²) >= 11 is 0. The predicted octanol–water partition coefficient (Wildman–Crippen LogP) is 3.72. The fourth-order valence-corrected chi connectivity index (χ4v) is 1.76. The van der Waals surface area contributed by atoms with Crippen LogP contribution in [0.4, 0.5) is 20.2 Å². The molecule has 94 valence electrons. The number of hydrogen-bond donors (Lipinski definition) is 2. The molecule has 3 N–H and O–H groups in total. The molecular formula is C14H14F2N2. The molecule has 0 aliphatic carbocycles. The van der Waals surface area contributed by atoms with Crippen LogP contribution in [0.2, 0.25) is 0 Å². The minimum absolute atomic E-state index is 0.117. The van der Waals surface area contributed by atoms with Gasteiger partial charge in [0.15, 0.2) is 0 Å². The summed E-state index contributed by atoms with van der Waals surface area (Å²) in [6, 6.07) is 10.4. The van der Waals surface area contributed by atoms with Crippen LogP contribution in [-0.2, 0) is 0 Å². The van der Waals surface area contributed by atoms with E-state index in [2.05, 4.69) is 5.32 Å². The standard InChI is InChI=1S/C14H14F2N2/c1-9(10-3-2-4-11(15)7-10)18-14-6-5-12(16)8-13(14)17/h2-9,18H,17H2,1H3. The third kappa shape index (κ3) is 2.77. The first kappa shape index (κ1) is 12.4. The van der Waals surface area contributed by atoms with Crippen LogP contribution in [-0.4, -0.2) is 0 Å². The number of anilines is 2. The van der Waals surface area contributed by atoms with E-state index in [0.717, 1.165) is 5.56 Å². The summed E-state index contributed by atoms with van der Waals surface area (Å²) in [5.41, 5.74) is 7.47. The smallest absolute Gasteiger partial charge is 0.125 e. The van der Waals surface area contributed by atoms with Gasteiger partial charge in [0.1, 0.15) is 11.6 Å². The molecular weight excluding hydrogens is 234 g/mol. The molecule has 2 aromatic rings. The van der Waals surface area contributed by atoms with Gasteiger partial charge in [-0.3, -0.25) is 0 Å². The minimum atomic E-state index is -0.378. The average Bonchev–Trinajstić information content (AvgIpc) is 2.32. The molecule has 0 heterocycles. The molecule has 0 bridgehead atoms. The van der Waals surface area contributed by atoms with E-state index in [9.17, 15) is 8.78 Å². The maximum atomic E-state index is 13.1. The number of nitrogen functional groups attached to an aromatic ring is 1. The molecule has 18 heavy (non-hydrogen) atoms. The first-order chi connectivity index (χ1) is 8.56. The zero-order chi connectivity index (χ0) is 13.1. The van der Waals surface area contributed by atoms with Crippen molar-refractivity contribution >= 4 is 11.4 Å². The van der Waals surface area contributed by atoms with Crippen LogP contribution in [0.5, 0.6) is 0 Å². The van der Waals surface area contributed by atoms with E-state index in [0.29, 0.717) is 11.4 Å². The van der Waals surface area contributed by atoms with Gasteiger partial charge in [0.25, 0.3) is 0 Å². The van der Waals surface area contributed by atoms with Crippen LogP contribution in [0.3, 0.4) is 0 Å². The molecule has 0 amide bonds. The number of hydrogen-bond acceptors (Lipinski definition) is 2. The lowest BCUT2D eigenvalue weighted by Crippen LogP contribution is -2.08. The summed E-state index contributed by atoms with van der Waals surface area (Å²) < 4.78 is 26.0. The van der Waals surface area contributed by atoms with Crippen molar-refractivity contribution in [1.82, 2.24) is 0 Å². The summed E-state index contributed by atoms with van der Waals surface area (Å²) in [6.45, 7) is 1.89. The zero-order valence-electron chi connectivity index (χ0n) is 9.95. The number of nitrogens with two attached hydrogens (primary N) is 1. The summed E-state index contributed by atoms with van der Waals surface area (Å²) in [6.07, 6.45) is 0. The molecule has 4 heteroatoms. The van der Waals surface area contributed by atoms with Gasteiger partial charge in [-0.25, -0.2) is 8.78 Å². The third-order valence-corrected chi connectivity index (χ3v) is 2.73. The Bertz CT molecular complexity index is 555. The molecule has 0 aliphatic rings. The van der Waals surface area contributed by atoms with Gasteiger partial charge in [-0.15, -0.1) is 0 Å². The molecule has 0 radical (unpaired) electrons. The zero-order valence-corrected chi connectivity index (χ0v) is 9.95. The van der Waals surface area contributed by atoms with Gasteiger partial charge in [0.2, 0.25) is 0 Å². The van der Waals surface area contributed by atoms with Crippen LogP contribution < -0.4 is 11.1 Å². The SMILES string of the molecule is CC(Nc1ccc(F)cc1N)c1cccc(F)c1. The molecule has 2 rings (SSSR count). The van der Waals surface area contributed by atoms with Gasteiger partial charge in [-0.05, 0) is 42.8 Å². The van der Waals surface area contributed by atoms with Crippen LogP contribution >= 0.6 is 0 Å². The van der Waals surface area contributed by atoms with E-state index < -0.39 is 0 Å². The normalized spacial score (nSPS) is 12.2. The maximum absolute atomic E-state index is 13.1. The van der Waals surface area contributed by atoms with Crippen LogP contribution in [0, 0.1) is 11.6 Å². The number of rotatable bonds is 3. The molecule has 1 unspecified atom stereocenters. The predicted molar refractivity (Wildman–Crippen MR) is 69.3 cm³/mol. The Balaban J connectivity index is 2.18. The van der Waals surface area contributed by atoms with Crippen molar-refractivity contribution < 1.29 is 8.78 Å². The van der Waals surface area contributed by atoms with Crippen molar-refractivity contribution in [2.75, 3.05) is 11.1 Å². The first-order valence-electron chi connectivity index (χ1n) is 5.63. The maximum Gasteiger partial charge on any atom is 0.125 e. The lowest BCUT2D eigenvalue weighted by atomic mass is 10.1. The van der Waals surface area contributed by atoms with E-state index in [4.69, 9.17) is 5.73 Å². The van der Waals surface area contributed by atoms with Gasteiger partial charge in [0.05, 0.1) is 11.4 Å². The fourth-order valence-electron chi connectivity index (χ4n) is 1.76. The largest absolute Gasteiger partial charge is 0.397 e. The summed E-state index contributed by atoms with van der Waals surface area (Å²) in [7, 11) is 0. The van der Waals surface area contributed by atoms with Crippen LogP contribution in [0.15, 0.2) is 42.5 Å². The highest BCUT2D eigenvalue weighted by molar-refractivity contribution is 5.66. The molecule has 0 aromatic heterocycles. The molecule has 2 aromatic carbocycles. The lowest BCUT2D eigenvalue weighted by molar-refractivity contribution is 0.623. The van der Waals surface area contributed by atoms with Crippen molar-refractivity contribution in [3.63, 3.8) is 0 Å². The van der Waals surface area contributed by atoms with E-state index >= 15 is 0 Å². The molecule has 0 aliphatic heterocycles. The molecule has 0 saturated carbocycles. The molecule has 1 atom stereocenters. The second-order valence-corrected chi connectivity index (χ2v) is 4.15. The van der Waals surface area contributed by atoms with E-state index in [1.807, 2.05) is 13.0 Å². The number of benzene rings is 2. The first-order valence-corrected chi connectivity index (χ1v) is 5.63. The fraction of sp³-hybridized carbons (Fsp3) is 0.143. The minimum Gasteiger partial charge on any atom is -0.397 e. The Hall–Kier alpha value is -2.10. The Kier molecular flexibility index (Phi) is 3.46. The monoisotopic (exact) mass is 248 g/mol. The Morgan fingerprint density at radius 1 is 1.06 bits per heavy atom. The molecule has 0 spiro atoms. The van der Waals surface area contributed by atoms with Crippen molar-refractivity contribution in [2.24, 2.45) is 0 Å². The van der Waals surface area contributed by atoms with Gasteiger partial charge >= 0.3 is 0 Å². The van der Waals surface area contributed by atoms with E-state index in [1.165, 1.54) is 24.3 Å². The number of nitrogens with one attached hydrogen (secondary N) is 1. The van der Waals surface area contributed by atoms with Gasteiger partial charge in [0, 0.05) is 6.04 Å². The average molecular weight is 248 g/mol. The summed E-state index contributed by atoms with van der Waals surface area (Å²) in [5, 5.41) is 3.12. The Labute approximate surface area is 104 Å². The third-order valence-electron chi connectivity index (χ3n) is 2.73. The van der Waals surface area contributed by atoms with E-state index in [1.54, 1.807) is 12.1 Å². The van der Waals surface area contributed by atoms with E-state index in [-0.39, 0.29) is 17.7 Å². The highest BCUT2D eigenvalue weighted by Crippen LogP contribution is 2.25. The van der Waals surface area contributed by atoms with Crippen molar-refractivity contribution in [3.8, 4) is 0 Å². The van der Waals surface area contributed by atoms with Gasteiger partial charge in [-0.2, -0.15) is 0 Å². The summed E-state index contributed by atoms with van der Waals surface area (Å²) in [4.78, 5) is 0. The topological polar surface area (TPSA) is 38.0 Å². The molecule has 0 fully saturated rings. The van der Waals surface area contributed by atoms with Crippen molar-refractivity contribution in [1.29, 1.82) is 0 Å². The van der Waals surface area contributed by atoms with Crippen LogP contribution in [0.1, 0.15) is 18.5 Å². The summed E-state index contributed by atoms with van der Waals surface area (Å²) in [5.74, 6) is -0.662. The Morgan fingerprint density at radius 3 is 2.44 bits per heavy atom. The van der Waals surface area contributed by atoms with Gasteiger partial charge < -0.3 is 11.1 Å².